The lowest BCUT2D eigenvalue weighted by atomic mass is 9.84. The molecule has 0 saturated heterocycles. The fourth-order valence-corrected chi connectivity index (χ4v) is 5.92. The summed E-state index contributed by atoms with van der Waals surface area (Å²) in [5.41, 5.74) is 7.25. The van der Waals surface area contributed by atoms with Crippen LogP contribution in [0.15, 0.2) is 140 Å². The largest absolute Gasteiger partial charge is 0.207 e. The lowest BCUT2D eigenvalue weighted by Crippen LogP contribution is -1.97. The zero-order chi connectivity index (χ0) is 25.5. The van der Waals surface area contributed by atoms with E-state index in [1.807, 2.05) is 12.1 Å². The molecule has 38 heavy (non-hydrogen) atoms. The molecule has 0 saturated carbocycles. The molecule has 180 valence electrons. The molecule has 0 aliphatic heterocycles. The second-order valence-corrected chi connectivity index (χ2v) is 9.81. The number of benzene rings is 7. The van der Waals surface area contributed by atoms with Gasteiger partial charge in [-0.1, -0.05) is 127 Å². The van der Waals surface area contributed by atoms with Gasteiger partial charge in [0.15, 0.2) is 0 Å². The van der Waals surface area contributed by atoms with Crippen molar-refractivity contribution >= 4 is 32.3 Å². The van der Waals surface area contributed by atoms with Crippen LogP contribution in [0.5, 0.6) is 0 Å². The van der Waals surface area contributed by atoms with E-state index in [4.69, 9.17) is 0 Å². The molecule has 0 aliphatic rings. The summed E-state index contributed by atoms with van der Waals surface area (Å²) < 4.78 is 13.7. The van der Waals surface area contributed by atoms with E-state index in [2.05, 4.69) is 115 Å². The van der Waals surface area contributed by atoms with Crippen LogP contribution in [0.25, 0.3) is 54.6 Å². The third kappa shape index (κ3) is 3.76. The summed E-state index contributed by atoms with van der Waals surface area (Å²) >= 11 is 0. The molecule has 0 N–H and O–H groups in total. The van der Waals surface area contributed by atoms with Crippen LogP contribution in [0.1, 0.15) is 11.1 Å². The van der Waals surface area contributed by atoms with Crippen LogP contribution in [-0.2, 0) is 6.42 Å². The van der Waals surface area contributed by atoms with Gasteiger partial charge in [0.25, 0.3) is 0 Å². The Labute approximate surface area is 221 Å². The zero-order valence-electron chi connectivity index (χ0n) is 20.9. The molecule has 0 aromatic heterocycles. The zero-order valence-corrected chi connectivity index (χ0v) is 20.9. The van der Waals surface area contributed by atoms with Gasteiger partial charge >= 0.3 is 0 Å². The smallest absolute Gasteiger partial charge is 0.123 e. The highest BCUT2D eigenvalue weighted by Crippen LogP contribution is 2.42. The maximum Gasteiger partial charge on any atom is 0.123 e. The number of fused-ring (bicyclic) bond motifs is 3. The number of hydrogen-bond donors (Lipinski definition) is 0. The van der Waals surface area contributed by atoms with E-state index in [9.17, 15) is 4.39 Å². The second kappa shape index (κ2) is 9.28. The second-order valence-electron chi connectivity index (χ2n) is 9.81. The summed E-state index contributed by atoms with van der Waals surface area (Å²) in [7, 11) is 0. The molecule has 0 nitrogen and oxygen atoms in total. The molecule has 0 amide bonds. The summed E-state index contributed by atoms with van der Waals surface area (Å²) in [4.78, 5) is 0. The van der Waals surface area contributed by atoms with Crippen molar-refractivity contribution in [2.24, 2.45) is 0 Å². The molecular formula is C37H25F. The molecule has 0 atom stereocenters. The molecule has 1 heteroatoms. The highest BCUT2D eigenvalue weighted by molar-refractivity contribution is 6.18. The molecule has 7 aromatic carbocycles. The van der Waals surface area contributed by atoms with Crippen molar-refractivity contribution in [3.63, 3.8) is 0 Å². The Balaban J connectivity index is 1.51. The predicted octanol–water partition coefficient (Wildman–Crippen LogP) is 10.2. The van der Waals surface area contributed by atoms with Crippen molar-refractivity contribution in [1.82, 2.24) is 0 Å². The lowest BCUT2D eigenvalue weighted by Gasteiger charge is -2.19. The topological polar surface area (TPSA) is 0 Å². The SMILES string of the molecule is Fc1ccc(-c2ccccc2Cc2c3ccccc3c(-c3cccc4ccccc34)c3ccccc23)cc1. The summed E-state index contributed by atoms with van der Waals surface area (Å²) in [5, 5.41) is 7.56. The van der Waals surface area contributed by atoms with E-state index in [0.717, 1.165) is 17.5 Å². The number of halogens is 1. The Kier molecular flexibility index (Phi) is 5.48. The van der Waals surface area contributed by atoms with E-state index in [-0.39, 0.29) is 5.82 Å². The van der Waals surface area contributed by atoms with Gasteiger partial charge in [-0.2, -0.15) is 0 Å². The Bertz CT molecular complexity index is 1880. The van der Waals surface area contributed by atoms with Gasteiger partial charge in [0, 0.05) is 0 Å². The van der Waals surface area contributed by atoms with Gasteiger partial charge in [-0.15, -0.1) is 0 Å². The molecule has 7 rings (SSSR count). The molecule has 0 unspecified atom stereocenters. The normalized spacial score (nSPS) is 11.4. The standard InChI is InChI=1S/C37H25F/c38-28-22-20-26(21-23-28)29-13-3-2-11-27(29)24-36-31-15-5-7-17-34(31)37(35-18-8-6-16-32(35)36)33-19-9-12-25-10-1-4-14-30(25)33/h1-23H,24H2. The highest BCUT2D eigenvalue weighted by Gasteiger charge is 2.18. The quantitative estimate of drug-likeness (QED) is 0.216. The summed E-state index contributed by atoms with van der Waals surface area (Å²) in [6.45, 7) is 0. The van der Waals surface area contributed by atoms with Crippen LogP contribution in [-0.4, -0.2) is 0 Å². The Morgan fingerprint density at radius 1 is 0.421 bits per heavy atom. The first kappa shape index (κ1) is 22.4. The minimum Gasteiger partial charge on any atom is -0.207 e. The van der Waals surface area contributed by atoms with Crippen LogP contribution >= 0.6 is 0 Å². The van der Waals surface area contributed by atoms with Crippen molar-refractivity contribution < 1.29 is 4.39 Å². The fraction of sp³-hybridized carbons (Fsp3) is 0.0270. The van der Waals surface area contributed by atoms with Gasteiger partial charge in [-0.05, 0) is 84.3 Å². The summed E-state index contributed by atoms with van der Waals surface area (Å²) in [6, 6.07) is 48.1. The first-order valence-corrected chi connectivity index (χ1v) is 13.0. The van der Waals surface area contributed by atoms with Gasteiger partial charge in [-0.25, -0.2) is 4.39 Å². The van der Waals surface area contributed by atoms with Crippen molar-refractivity contribution in [2.45, 2.75) is 6.42 Å². The van der Waals surface area contributed by atoms with Crippen molar-refractivity contribution in [3.8, 4) is 22.3 Å². The van der Waals surface area contributed by atoms with Crippen LogP contribution in [0.3, 0.4) is 0 Å². The first-order valence-electron chi connectivity index (χ1n) is 13.0. The van der Waals surface area contributed by atoms with Gasteiger partial charge in [-0.3, -0.25) is 0 Å². The van der Waals surface area contributed by atoms with Crippen molar-refractivity contribution in [1.29, 1.82) is 0 Å². The highest BCUT2D eigenvalue weighted by atomic mass is 19.1. The minimum atomic E-state index is -0.216. The number of hydrogen-bond acceptors (Lipinski definition) is 0. The van der Waals surface area contributed by atoms with Crippen LogP contribution in [0.2, 0.25) is 0 Å². The number of rotatable bonds is 4. The molecule has 0 aliphatic carbocycles. The molecule has 0 fully saturated rings. The van der Waals surface area contributed by atoms with Gasteiger partial charge in [0.1, 0.15) is 5.82 Å². The first-order chi connectivity index (χ1) is 18.8. The Morgan fingerprint density at radius 3 is 1.66 bits per heavy atom. The maximum absolute atomic E-state index is 13.7. The van der Waals surface area contributed by atoms with Crippen LogP contribution in [0, 0.1) is 5.82 Å². The summed E-state index contributed by atoms with van der Waals surface area (Å²) in [5.74, 6) is -0.216. The third-order valence-electron chi connectivity index (χ3n) is 7.64. The van der Waals surface area contributed by atoms with E-state index >= 15 is 0 Å². The van der Waals surface area contributed by atoms with E-state index in [1.165, 1.54) is 66.7 Å². The van der Waals surface area contributed by atoms with Gasteiger partial charge in [0.2, 0.25) is 0 Å². The minimum absolute atomic E-state index is 0.216. The third-order valence-corrected chi connectivity index (χ3v) is 7.64. The monoisotopic (exact) mass is 488 g/mol. The molecule has 0 spiro atoms. The van der Waals surface area contributed by atoms with E-state index < -0.39 is 0 Å². The van der Waals surface area contributed by atoms with Crippen molar-refractivity contribution in [3.05, 3.63) is 156 Å². The molecule has 0 radical (unpaired) electrons. The van der Waals surface area contributed by atoms with Crippen LogP contribution < -0.4 is 0 Å². The lowest BCUT2D eigenvalue weighted by molar-refractivity contribution is 0.628. The van der Waals surface area contributed by atoms with Crippen LogP contribution in [0.4, 0.5) is 4.39 Å². The predicted molar refractivity (Wildman–Crippen MR) is 159 cm³/mol. The maximum atomic E-state index is 13.7. The van der Waals surface area contributed by atoms with Gasteiger partial charge < -0.3 is 0 Å². The van der Waals surface area contributed by atoms with Crippen molar-refractivity contribution in [2.75, 3.05) is 0 Å². The van der Waals surface area contributed by atoms with Gasteiger partial charge in [0.05, 0.1) is 0 Å². The summed E-state index contributed by atoms with van der Waals surface area (Å²) in [6.07, 6.45) is 0.782. The average Bonchev–Trinajstić information content (AvgIpc) is 2.98. The molecule has 7 aromatic rings. The molecule has 0 heterocycles. The Hall–Kier alpha value is -4.75. The molecular weight excluding hydrogens is 463 g/mol. The van der Waals surface area contributed by atoms with E-state index in [0.29, 0.717) is 0 Å². The van der Waals surface area contributed by atoms with E-state index in [1.54, 1.807) is 0 Å². The molecule has 0 bridgehead atoms. The average molecular weight is 489 g/mol. The Morgan fingerprint density at radius 2 is 0.947 bits per heavy atom. The fourth-order valence-electron chi connectivity index (χ4n) is 5.92.